The van der Waals surface area contributed by atoms with Gasteiger partial charge in [-0.25, -0.2) is 0 Å². The second kappa shape index (κ2) is 5.07. The lowest BCUT2D eigenvalue weighted by molar-refractivity contribution is -0.0181. The summed E-state index contributed by atoms with van der Waals surface area (Å²) in [6.45, 7) is 4.62. The van der Waals surface area contributed by atoms with Crippen molar-refractivity contribution in [1.29, 1.82) is 0 Å². The second-order valence-electron chi connectivity index (χ2n) is 5.16. The number of hydrogen-bond acceptors (Lipinski definition) is 3. The van der Waals surface area contributed by atoms with Gasteiger partial charge in [0.15, 0.2) is 0 Å². The van der Waals surface area contributed by atoms with Crippen LogP contribution in [0.2, 0.25) is 0 Å². The SMILES string of the molecule is COc1cccc(CN2CCCC(C)(O)C2)c1. The van der Waals surface area contributed by atoms with Crippen LogP contribution < -0.4 is 4.74 Å². The average Bonchev–Trinajstić information content (AvgIpc) is 2.28. The van der Waals surface area contributed by atoms with E-state index in [9.17, 15) is 5.11 Å². The van der Waals surface area contributed by atoms with Crippen molar-refractivity contribution in [2.45, 2.75) is 31.9 Å². The van der Waals surface area contributed by atoms with Gasteiger partial charge >= 0.3 is 0 Å². The highest BCUT2D eigenvalue weighted by atomic mass is 16.5. The molecule has 1 aliphatic rings. The maximum absolute atomic E-state index is 10.1. The van der Waals surface area contributed by atoms with E-state index in [4.69, 9.17) is 4.74 Å². The van der Waals surface area contributed by atoms with Crippen LogP contribution in [0.5, 0.6) is 5.75 Å². The summed E-state index contributed by atoms with van der Waals surface area (Å²) in [5, 5.41) is 10.1. The molecule has 1 heterocycles. The molecule has 0 saturated carbocycles. The molecule has 1 fully saturated rings. The maximum Gasteiger partial charge on any atom is 0.119 e. The van der Waals surface area contributed by atoms with Crippen LogP contribution in [0.3, 0.4) is 0 Å². The zero-order valence-corrected chi connectivity index (χ0v) is 10.6. The molecule has 0 aromatic heterocycles. The lowest BCUT2D eigenvalue weighted by atomic mass is 9.95. The fraction of sp³-hybridized carbons (Fsp3) is 0.571. The molecule has 1 aliphatic heterocycles. The summed E-state index contributed by atoms with van der Waals surface area (Å²) in [5.74, 6) is 0.895. The van der Waals surface area contributed by atoms with Gasteiger partial charge in [0.25, 0.3) is 0 Å². The van der Waals surface area contributed by atoms with E-state index in [1.165, 1.54) is 5.56 Å². The first-order valence-corrected chi connectivity index (χ1v) is 6.17. The fourth-order valence-electron chi connectivity index (χ4n) is 2.49. The predicted octanol–water partition coefficient (Wildman–Crippen LogP) is 2.04. The first-order chi connectivity index (χ1) is 8.09. The molecule has 0 amide bonds. The summed E-state index contributed by atoms with van der Waals surface area (Å²) in [4.78, 5) is 2.30. The zero-order chi connectivity index (χ0) is 12.3. The molecule has 1 atom stereocenters. The van der Waals surface area contributed by atoms with Crippen molar-refractivity contribution in [3.8, 4) is 5.75 Å². The molecule has 0 radical (unpaired) electrons. The van der Waals surface area contributed by atoms with Gasteiger partial charge in [-0.3, -0.25) is 4.90 Å². The van der Waals surface area contributed by atoms with Crippen LogP contribution in [-0.2, 0) is 6.54 Å². The third-order valence-corrected chi connectivity index (χ3v) is 3.29. The Labute approximate surface area is 103 Å². The number of piperidine rings is 1. The van der Waals surface area contributed by atoms with E-state index >= 15 is 0 Å². The van der Waals surface area contributed by atoms with Gasteiger partial charge in [-0.2, -0.15) is 0 Å². The van der Waals surface area contributed by atoms with Crippen LogP contribution in [-0.4, -0.2) is 35.8 Å². The molecular weight excluding hydrogens is 214 g/mol. The molecule has 94 valence electrons. The summed E-state index contributed by atoms with van der Waals surface area (Å²) >= 11 is 0. The summed E-state index contributed by atoms with van der Waals surface area (Å²) < 4.78 is 5.22. The van der Waals surface area contributed by atoms with E-state index in [1.807, 2.05) is 19.1 Å². The van der Waals surface area contributed by atoms with Gasteiger partial charge in [0.1, 0.15) is 5.75 Å². The third-order valence-electron chi connectivity index (χ3n) is 3.29. The van der Waals surface area contributed by atoms with Crippen molar-refractivity contribution >= 4 is 0 Å². The van der Waals surface area contributed by atoms with E-state index in [2.05, 4.69) is 17.0 Å². The Bertz CT molecular complexity index is 376. The largest absolute Gasteiger partial charge is 0.497 e. The molecule has 3 heteroatoms. The number of ether oxygens (including phenoxy) is 1. The number of benzene rings is 1. The lowest BCUT2D eigenvalue weighted by Crippen LogP contribution is -2.45. The average molecular weight is 235 g/mol. The standard InChI is InChI=1S/C14H21NO2/c1-14(16)7-4-8-15(11-14)10-12-5-3-6-13(9-12)17-2/h3,5-6,9,16H,4,7-8,10-11H2,1-2H3. The quantitative estimate of drug-likeness (QED) is 0.870. The molecular formula is C14H21NO2. The van der Waals surface area contributed by atoms with E-state index in [0.29, 0.717) is 0 Å². The monoisotopic (exact) mass is 235 g/mol. The Balaban J connectivity index is 2.00. The number of methoxy groups -OCH3 is 1. The molecule has 3 nitrogen and oxygen atoms in total. The lowest BCUT2D eigenvalue weighted by Gasteiger charge is -2.36. The van der Waals surface area contributed by atoms with Crippen LogP contribution in [0.1, 0.15) is 25.3 Å². The molecule has 1 saturated heterocycles. The van der Waals surface area contributed by atoms with Crippen molar-refractivity contribution in [2.24, 2.45) is 0 Å². The topological polar surface area (TPSA) is 32.7 Å². The molecule has 0 bridgehead atoms. The van der Waals surface area contributed by atoms with Gasteiger partial charge in [0, 0.05) is 13.1 Å². The smallest absolute Gasteiger partial charge is 0.119 e. The highest BCUT2D eigenvalue weighted by Crippen LogP contribution is 2.22. The second-order valence-corrected chi connectivity index (χ2v) is 5.16. The Morgan fingerprint density at radius 1 is 1.47 bits per heavy atom. The molecule has 0 spiro atoms. The number of aliphatic hydroxyl groups is 1. The number of nitrogens with zero attached hydrogens (tertiary/aromatic N) is 1. The highest BCUT2D eigenvalue weighted by molar-refractivity contribution is 5.28. The van der Waals surface area contributed by atoms with E-state index in [1.54, 1.807) is 7.11 Å². The van der Waals surface area contributed by atoms with Crippen molar-refractivity contribution in [1.82, 2.24) is 4.90 Å². The van der Waals surface area contributed by atoms with Gasteiger partial charge < -0.3 is 9.84 Å². The van der Waals surface area contributed by atoms with Crippen LogP contribution in [0.4, 0.5) is 0 Å². The van der Waals surface area contributed by atoms with Gasteiger partial charge in [-0.1, -0.05) is 12.1 Å². The van der Waals surface area contributed by atoms with E-state index in [0.717, 1.165) is 38.2 Å². The van der Waals surface area contributed by atoms with Crippen molar-refractivity contribution in [2.75, 3.05) is 20.2 Å². The molecule has 1 unspecified atom stereocenters. The van der Waals surface area contributed by atoms with Crippen molar-refractivity contribution in [3.05, 3.63) is 29.8 Å². The minimum atomic E-state index is -0.531. The molecule has 1 aromatic carbocycles. The summed E-state index contributed by atoms with van der Waals surface area (Å²) in [7, 11) is 1.69. The van der Waals surface area contributed by atoms with Crippen molar-refractivity contribution in [3.63, 3.8) is 0 Å². The molecule has 1 N–H and O–H groups in total. The number of likely N-dealkylation sites (tertiary alicyclic amines) is 1. The van der Waals surface area contributed by atoms with Crippen LogP contribution >= 0.6 is 0 Å². The van der Waals surface area contributed by atoms with Crippen LogP contribution in [0, 0.1) is 0 Å². The van der Waals surface area contributed by atoms with Crippen LogP contribution in [0.15, 0.2) is 24.3 Å². The van der Waals surface area contributed by atoms with Gasteiger partial charge in [-0.05, 0) is 44.0 Å². The zero-order valence-electron chi connectivity index (χ0n) is 10.6. The van der Waals surface area contributed by atoms with Crippen molar-refractivity contribution < 1.29 is 9.84 Å². The Morgan fingerprint density at radius 2 is 2.29 bits per heavy atom. The van der Waals surface area contributed by atoms with Crippen LogP contribution in [0.25, 0.3) is 0 Å². The first-order valence-electron chi connectivity index (χ1n) is 6.17. The number of β-amino-alcohol motifs (C(OH)–C–C–N with tert-alkyl or cyclic N) is 1. The third kappa shape index (κ3) is 3.45. The summed E-state index contributed by atoms with van der Waals surface area (Å²) in [6.07, 6.45) is 1.97. The maximum atomic E-state index is 10.1. The summed E-state index contributed by atoms with van der Waals surface area (Å²) in [6, 6.07) is 8.13. The predicted molar refractivity (Wildman–Crippen MR) is 68.1 cm³/mol. The highest BCUT2D eigenvalue weighted by Gasteiger charge is 2.28. The minimum Gasteiger partial charge on any atom is -0.497 e. The Morgan fingerprint density at radius 3 is 3.00 bits per heavy atom. The molecule has 0 aliphatic carbocycles. The molecule has 17 heavy (non-hydrogen) atoms. The van der Waals surface area contributed by atoms with E-state index in [-0.39, 0.29) is 0 Å². The van der Waals surface area contributed by atoms with Gasteiger partial charge in [-0.15, -0.1) is 0 Å². The number of rotatable bonds is 3. The Kier molecular flexibility index (Phi) is 3.69. The number of hydrogen-bond donors (Lipinski definition) is 1. The normalized spacial score (nSPS) is 25.8. The van der Waals surface area contributed by atoms with Gasteiger partial charge in [0.05, 0.1) is 12.7 Å². The molecule has 1 aromatic rings. The summed E-state index contributed by atoms with van der Waals surface area (Å²) in [5.41, 5.74) is 0.707. The molecule has 2 rings (SSSR count). The Hall–Kier alpha value is -1.06. The van der Waals surface area contributed by atoms with E-state index < -0.39 is 5.60 Å². The van der Waals surface area contributed by atoms with Gasteiger partial charge in [0.2, 0.25) is 0 Å². The minimum absolute atomic E-state index is 0.531. The first kappa shape index (κ1) is 12.4. The fourth-order valence-corrected chi connectivity index (χ4v) is 2.49.